The van der Waals surface area contributed by atoms with Gasteiger partial charge in [0.05, 0.1) is 12.5 Å². The van der Waals surface area contributed by atoms with E-state index < -0.39 is 17.5 Å². The Bertz CT molecular complexity index is 269. The van der Waals surface area contributed by atoms with Crippen molar-refractivity contribution in [1.29, 1.82) is 0 Å². The van der Waals surface area contributed by atoms with Gasteiger partial charge in [0.2, 0.25) is 5.91 Å². The van der Waals surface area contributed by atoms with Gasteiger partial charge in [-0.3, -0.25) is 9.59 Å². The van der Waals surface area contributed by atoms with Crippen molar-refractivity contribution in [2.75, 3.05) is 13.1 Å². The summed E-state index contributed by atoms with van der Waals surface area (Å²) < 4.78 is 0. The van der Waals surface area contributed by atoms with Crippen molar-refractivity contribution in [2.45, 2.75) is 32.8 Å². The molecule has 0 saturated carbocycles. The van der Waals surface area contributed by atoms with Crippen molar-refractivity contribution in [3.05, 3.63) is 0 Å². The van der Waals surface area contributed by atoms with Crippen molar-refractivity contribution >= 4 is 11.9 Å². The molecule has 2 N–H and O–H groups in total. The van der Waals surface area contributed by atoms with Gasteiger partial charge >= 0.3 is 5.97 Å². The van der Waals surface area contributed by atoms with Crippen LogP contribution in [0.5, 0.6) is 0 Å². The number of amides is 1. The Hall–Kier alpha value is -1.10. The molecule has 0 bridgehead atoms. The van der Waals surface area contributed by atoms with E-state index >= 15 is 0 Å². The van der Waals surface area contributed by atoms with E-state index in [-0.39, 0.29) is 18.7 Å². The predicted octanol–water partition coefficient (Wildman–Crippen LogP) is 0.0805. The largest absolute Gasteiger partial charge is 0.481 e. The van der Waals surface area contributed by atoms with Crippen LogP contribution in [0.2, 0.25) is 0 Å². The second-order valence-corrected chi connectivity index (χ2v) is 4.86. The van der Waals surface area contributed by atoms with Gasteiger partial charge in [0.25, 0.3) is 0 Å². The Morgan fingerprint density at radius 3 is 2.27 bits per heavy atom. The third kappa shape index (κ3) is 3.51. The lowest BCUT2D eigenvalue weighted by Gasteiger charge is -2.37. The minimum Gasteiger partial charge on any atom is -0.481 e. The topological polar surface area (TPSA) is 77.8 Å². The summed E-state index contributed by atoms with van der Waals surface area (Å²) in [5, 5.41) is 17.7. The minimum absolute atomic E-state index is 0.0187. The minimum atomic E-state index is -0.892. The Morgan fingerprint density at radius 2 is 1.87 bits per heavy atom. The first-order chi connectivity index (χ1) is 6.80. The maximum atomic E-state index is 11.6. The number of carbonyl (C=O) groups excluding carboxylic acids is 1. The van der Waals surface area contributed by atoms with Crippen LogP contribution in [0.25, 0.3) is 0 Å². The van der Waals surface area contributed by atoms with E-state index in [9.17, 15) is 9.59 Å². The molecule has 0 radical (unpaired) electrons. The Labute approximate surface area is 88.7 Å². The molecule has 5 heteroatoms. The second kappa shape index (κ2) is 4.18. The van der Waals surface area contributed by atoms with E-state index in [4.69, 9.17) is 10.2 Å². The fourth-order valence-electron chi connectivity index (χ4n) is 1.65. The van der Waals surface area contributed by atoms with Gasteiger partial charge < -0.3 is 15.1 Å². The van der Waals surface area contributed by atoms with Gasteiger partial charge in [-0.25, -0.2) is 0 Å². The van der Waals surface area contributed by atoms with Crippen LogP contribution in [0.3, 0.4) is 0 Å². The molecule has 1 amide bonds. The van der Waals surface area contributed by atoms with E-state index in [0.29, 0.717) is 13.1 Å². The number of aliphatic hydroxyl groups is 1. The van der Waals surface area contributed by atoms with Crippen molar-refractivity contribution in [2.24, 2.45) is 5.41 Å². The van der Waals surface area contributed by atoms with Crippen LogP contribution in [-0.2, 0) is 9.59 Å². The molecule has 86 valence electrons. The lowest BCUT2D eigenvalue weighted by atomic mass is 9.85. The maximum absolute atomic E-state index is 11.6. The summed E-state index contributed by atoms with van der Waals surface area (Å²) in [6.07, 6.45) is -0.210. The average Bonchev–Trinajstić information content (AvgIpc) is 1.94. The van der Waals surface area contributed by atoms with Gasteiger partial charge in [-0.05, 0) is 5.41 Å². The van der Waals surface area contributed by atoms with Crippen LogP contribution in [0, 0.1) is 5.41 Å². The standard InChI is InChI=1S/C10H17NO4/c1-10(2,4-9(14)15)3-8(13)11-5-7(12)6-11/h7,12H,3-6H2,1-2H3,(H,14,15). The molecule has 5 nitrogen and oxygen atoms in total. The SMILES string of the molecule is CC(C)(CC(=O)O)CC(=O)N1CC(O)C1. The first-order valence-corrected chi connectivity index (χ1v) is 4.98. The van der Waals surface area contributed by atoms with E-state index in [2.05, 4.69) is 0 Å². The molecule has 1 rings (SSSR count). The zero-order chi connectivity index (χ0) is 11.6. The van der Waals surface area contributed by atoms with E-state index in [0.717, 1.165) is 0 Å². The molecule has 1 saturated heterocycles. The summed E-state index contributed by atoms with van der Waals surface area (Å²) in [6, 6.07) is 0. The number of nitrogens with zero attached hydrogens (tertiary/aromatic N) is 1. The molecule has 0 unspecified atom stereocenters. The summed E-state index contributed by atoms with van der Waals surface area (Å²) in [4.78, 5) is 23.7. The fourth-order valence-corrected chi connectivity index (χ4v) is 1.65. The van der Waals surface area contributed by atoms with Gasteiger partial charge in [-0.15, -0.1) is 0 Å². The smallest absolute Gasteiger partial charge is 0.303 e. The number of aliphatic carboxylic acids is 1. The first kappa shape index (κ1) is 12.0. The molecule has 0 aliphatic carbocycles. The number of β-amino-alcohol motifs (C(OH)–C–C–N with tert-alkyl or cyclic N) is 1. The number of hydrogen-bond donors (Lipinski definition) is 2. The average molecular weight is 215 g/mol. The van der Waals surface area contributed by atoms with Crippen LogP contribution in [-0.4, -0.2) is 46.2 Å². The van der Waals surface area contributed by atoms with E-state index in [1.54, 1.807) is 18.7 Å². The van der Waals surface area contributed by atoms with Crippen molar-refractivity contribution in [3.8, 4) is 0 Å². The Kier molecular flexibility index (Phi) is 3.34. The maximum Gasteiger partial charge on any atom is 0.303 e. The molecule has 0 aromatic heterocycles. The highest BCUT2D eigenvalue weighted by Gasteiger charge is 2.33. The van der Waals surface area contributed by atoms with Gasteiger partial charge in [0, 0.05) is 19.5 Å². The van der Waals surface area contributed by atoms with Gasteiger partial charge in [-0.1, -0.05) is 13.8 Å². The number of carbonyl (C=O) groups is 2. The molecule has 0 spiro atoms. The highest BCUT2D eigenvalue weighted by molar-refractivity contribution is 5.78. The zero-order valence-electron chi connectivity index (χ0n) is 9.06. The number of aliphatic hydroxyl groups excluding tert-OH is 1. The number of carboxylic acids is 1. The number of hydrogen-bond acceptors (Lipinski definition) is 3. The molecule has 1 aliphatic rings. The van der Waals surface area contributed by atoms with Crippen LogP contribution in [0.1, 0.15) is 26.7 Å². The summed E-state index contributed by atoms with van der Waals surface area (Å²) >= 11 is 0. The normalized spacial score (nSPS) is 17.4. The number of carboxylic acid groups (broad SMARTS) is 1. The lowest BCUT2D eigenvalue weighted by Crippen LogP contribution is -2.54. The van der Waals surface area contributed by atoms with Gasteiger partial charge in [0.15, 0.2) is 0 Å². The molecule has 1 fully saturated rings. The summed E-state index contributed by atoms with van der Waals surface area (Å²) in [5.74, 6) is -0.969. The molecule has 1 heterocycles. The third-order valence-corrected chi connectivity index (χ3v) is 2.47. The second-order valence-electron chi connectivity index (χ2n) is 4.86. The molecule has 1 aliphatic heterocycles. The Morgan fingerprint density at radius 1 is 1.33 bits per heavy atom. The van der Waals surface area contributed by atoms with Crippen LogP contribution < -0.4 is 0 Å². The molecule has 15 heavy (non-hydrogen) atoms. The Balaban J connectivity index is 2.39. The summed E-state index contributed by atoms with van der Waals surface area (Å²) in [7, 11) is 0. The summed E-state index contributed by atoms with van der Waals surface area (Å²) in [5.41, 5.74) is -0.524. The van der Waals surface area contributed by atoms with E-state index in [1.165, 1.54) is 0 Å². The van der Waals surface area contributed by atoms with Crippen LogP contribution in [0.15, 0.2) is 0 Å². The number of rotatable bonds is 4. The zero-order valence-corrected chi connectivity index (χ0v) is 9.06. The van der Waals surface area contributed by atoms with Gasteiger partial charge in [0.1, 0.15) is 0 Å². The van der Waals surface area contributed by atoms with Crippen molar-refractivity contribution < 1.29 is 19.8 Å². The highest BCUT2D eigenvalue weighted by Crippen LogP contribution is 2.27. The predicted molar refractivity (Wildman–Crippen MR) is 53.2 cm³/mol. The van der Waals surface area contributed by atoms with Crippen LogP contribution >= 0.6 is 0 Å². The summed E-state index contributed by atoms with van der Waals surface area (Å²) in [6.45, 7) is 4.27. The monoisotopic (exact) mass is 215 g/mol. The number of likely N-dealkylation sites (tertiary alicyclic amines) is 1. The van der Waals surface area contributed by atoms with E-state index in [1.807, 2.05) is 0 Å². The quantitative estimate of drug-likeness (QED) is 0.696. The molecular formula is C10H17NO4. The molecule has 0 atom stereocenters. The molecule has 0 aromatic rings. The lowest BCUT2D eigenvalue weighted by molar-refractivity contribution is -0.145. The van der Waals surface area contributed by atoms with Crippen LogP contribution in [0.4, 0.5) is 0 Å². The third-order valence-electron chi connectivity index (χ3n) is 2.47. The fraction of sp³-hybridized carbons (Fsp3) is 0.800. The van der Waals surface area contributed by atoms with Crippen molar-refractivity contribution in [1.82, 2.24) is 4.90 Å². The molecule has 0 aromatic carbocycles. The van der Waals surface area contributed by atoms with Crippen molar-refractivity contribution in [3.63, 3.8) is 0 Å². The van der Waals surface area contributed by atoms with Gasteiger partial charge in [-0.2, -0.15) is 0 Å². The first-order valence-electron chi connectivity index (χ1n) is 4.98. The highest BCUT2D eigenvalue weighted by atomic mass is 16.4. The molecular weight excluding hydrogens is 198 g/mol.